The molecule has 0 aliphatic carbocycles. The molecule has 7 nitrogen and oxygen atoms in total. The molecule has 0 radical (unpaired) electrons. The molecule has 1 N–H and O–H groups in total. The molecular weight excluding hydrogens is 543 g/mol. The topological polar surface area (TPSA) is 71.1 Å². The molecular formula is C26H21ClF3N3O4S. The zero-order valence-corrected chi connectivity index (χ0v) is 21.4. The summed E-state index contributed by atoms with van der Waals surface area (Å²) in [5.74, 6) is -0.629. The van der Waals surface area contributed by atoms with Gasteiger partial charge in [0.05, 0.1) is 19.2 Å². The Morgan fingerprint density at radius 3 is 2.18 bits per heavy atom. The highest BCUT2D eigenvalue weighted by Crippen LogP contribution is 2.31. The van der Waals surface area contributed by atoms with Crippen molar-refractivity contribution < 1.29 is 32.2 Å². The molecule has 198 valence electrons. The molecule has 2 amide bonds. The van der Waals surface area contributed by atoms with E-state index >= 15 is 0 Å². The SMILES string of the molecule is COc1ccc(N2C(=O)[C@@H](CC(=O)Nc3ccc(Cl)cc3)N(Cc3ccc(OC(F)(F)F)cc3)C2=S)cc1. The third-order valence-corrected chi connectivity index (χ3v) is 6.33. The van der Waals surface area contributed by atoms with Gasteiger partial charge in [0.1, 0.15) is 17.5 Å². The summed E-state index contributed by atoms with van der Waals surface area (Å²) in [6.45, 7) is 0.0718. The van der Waals surface area contributed by atoms with Gasteiger partial charge in [0.25, 0.3) is 5.91 Å². The normalized spacial score (nSPS) is 15.6. The summed E-state index contributed by atoms with van der Waals surface area (Å²) in [6, 6.07) is 17.5. The van der Waals surface area contributed by atoms with Crippen molar-refractivity contribution in [3.05, 3.63) is 83.4 Å². The Morgan fingerprint density at radius 2 is 1.61 bits per heavy atom. The third kappa shape index (κ3) is 6.53. The number of nitrogens with zero attached hydrogens (tertiary/aromatic N) is 2. The summed E-state index contributed by atoms with van der Waals surface area (Å²) in [6.07, 6.45) is -5.03. The van der Waals surface area contributed by atoms with Crippen molar-refractivity contribution in [1.29, 1.82) is 0 Å². The number of rotatable bonds is 8. The highest BCUT2D eigenvalue weighted by atomic mass is 35.5. The lowest BCUT2D eigenvalue weighted by atomic mass is 10.1. The minimum atomic E-state index is -4.81. The first-order valence-electron chi connectivity index (χ1n) is 11.2. The van der Waals surface area contributed by atoms with Crippen molar-refractivity contribution in [3.8, 4) is 11.5 Å². The van der Waals surface area contributed by atoms with Gasteiger partial charge in [0.15, 0.2) is 5.11 Å². The van der Waals surface area contributed by atoms with Crippen LogP contribution in [0.25, 0.3) is 0 Å². The molecule has 0 unspecified atom stereocenters. The van der Waals surface area contributed by atoms with Crippen LogP contribution in [0, 0.1) is 0 Å². The molecule has 0 bridgehead atoms. The second-order valence-corrected chi connectivity index (χ2v) is 9.05. The van der Waals surface area contributed by atoms with Crippen LogP contribution in [-0.2, 0) is 16.1 Å². The Hall–Kier alpha value is -3.83. The molecule has 1 heterocycles. The van der Waals surface area contributed by atoms with Gasteiger partial charge < -0.3 is 19.7 Å². The number of carbonyl (C=O) groups is 2. The fraction of sp³-hybridized carbons (Fsp3) is 0.192. The van der Waals surface area contributed by atoms with Crippen LogP contribution < -0.4 is 19.7 Å². The molecule has 1 atom stereocenters. The number of thiocarbonyl (C=S) groups is 1. The van der Waals surface area contributed by atoms with E-state index in [0.717, 1.165) is 0 Å². The first kappa shape index (κ1) is 27.2. The van der Waals surface area contributed by atoms with E-state index in [1.165, 1.54) is 36.3 Å². The Kier molecular flexibility index (Phi) is 8.08. The van der Waals surface area contributed by atoms with Crippen molar-refractivity contribution in [2.45, 2.75) is 25.4 Å². The summed E-state index contributed by atoms with van der Waals surface area (Å²) >= 11 is 11.5. The van der Waals surface area contributed by atoms with Gasteiger partial charge in [-0.1, -0.05) is 23.7 Å². The lowest BCUT2D eigenvalue weighted by Crippen LogP contribution is -2.37. The molecule has 1 aliphatic heterocycles. The van der Waals surface area contributed by atoms with Gasteiger partial charge in [-0.2, -0.15) is 0 Å². The molecule has 12 heteroatoms. The number of hydrogen-bond donors (Lipinski definition) is 1. The number of nitrogens with one attached hydrogen (secondary N) is 1. The van der Waals surface area contributed by atoms with E-state index < -0.39 is 24.2 Å². The number of methoxy groups -OCH3 is 1. The van der Waals surface area contributed by atoms with Crippen LogP contribution in [0.1, 0.15) is 12.0 Å². The third-order valence-electron chi connectivity index (χ3n) is 5.67. The Bertz CT molecular complexity index is 1320. The van der Waals surface area contributed by atoms with Crippen LogP contribution in [0.15, 0.2) is 72.8 Å². The standard InChI is InChI=1S/C26H21ClF3N3O4S/c1-36-20-12-8-19(9-13-20)33-24(35)22(14-23(34)31-18-6-4-17(27)5-7-18)32(25(33)38)15-16-2-10-21(11-3-16)37-26(28,29)30/h2-13,22H,14-15H2,1H3,(H,31,34)/t22-/m1/s1. The number of amides is 2. The molecule has 1 saturated heterocycles. The molecule has 3 aromatic rings. The van der Waals surface area contributed by atoms with Crippen LogP contribution >= 0.6 is 23.8 Å². The average molecular weight is 564 g/mol. The van der Waals surface area contributed by atoms with Crippen LogP contribution in [0.4, 0.5) is 24.5 Å². The predicted octanol–water partition coefficient (Wildman–Crippen LogP) is 5.78. The number of alkyl halides is 3. The van der Waals surface area contributed by atoms with Crippen molar-refractivity contribution in [2.75, 3.05) is 17.3 Å². The summed E-state index contributed by atoms with van der Waals surface area (Å²) in [7, 11) is 1.52. The quantitative estimate of drug-likeness (QED) is 0.351. The second-order valence-electron chi connectivity index (χ2n) is 8.25. The van der Waals surface area contributed by atoms with Gasteiger partial charge in [-0.25, -0.2) is 0 Å². The lowest BCUT2D eigenvalue weighted by Gasteiger charge is -2.24. The molecule has 0 spiro atoms. The van der Waals surface area contributed by atoms with Gasteiger partial charge in [-0.3, -0.25) is 14.5 Å². The maximum Gasteiger partial charge on any atom is 0.573 e. The monoisotopic (exact) mass is 563 g/mol. The van der Waals surface area contributed by atoms with Crippen molar-refractivity contribution >= 4 is 52.1 Å². The summed E-state index contributed by atoms with van der Waals surface area (Å²) in [5, 5.41) is 3.40. The highest BCUT2D eigenvalue weighted by molar-refractivity contribution is 7.80. The summed E-state index contributed by atoms with van der Waals surface area (Å²) in [4.78, 5) is 29.3. The van der Waals surface area contributed by atoms with Gasteiger partial charge in [0.2, 0.25) is 5.91 Å². The van der Waals surface area contributed by atoms with E-state index in [1.54, 1.807) is 53.4 Å². The second kappa shape index (κ2) is 11.3. The largest absolute Gasteiger partial charge is 0.573 e. The van der Waals surface area contributed by atoms with Gasteiger partial charge in [-0.05, 0) is 78.4 Å². The van der Waals surface area contributed by atoms with E-state index in [9.17, 15) is 22.8 Å². The maximum absolute atomic E-state index is 13.5. The molecule has 0 aromatic heterocycles. The van der Waals surface area contributed by atoms with E-state index in [0.29, 0.717) is 27.7 Å². The van der Waals surface area contributed by atoms with Gasteiger partial charge in [-0.15, -0.1) is 13.2 Å². The Morgan fingerprint density at radius 1 is 1.00 bits per heavy atom. The van der Waals surface area contributed by atoms with Crippen LogP contribution in [-0.4, -0.2) is 41.3 Å². The first-order valence-corrected chi connectivity index (χ1v) is 12.0. The van der Waals surface area contributed by atoms with E-state index in [2.05, 4.69) is 10.1 Å². The first-order chi connectivity index (χ1) is 18.0. The van der Waals surface area contributed by atoms with E-state index in [-0.39, 0.29) is 23.8 Å². The number of benzene rings is 3. The maximum atomic E-state index is 13.5. The smallest absolute Gasteiger partial charge is 0.497 e. The molecule has 4 rings (SSSR count). The zero-order valence-electron chi connectivity index (χ0n) is 19.9. The van der Waals surface area contributed by atoms with Gasteiger partial charge >= 0.3 is 6.36 Å². The van der Waals surface area contributed by atoms with Crippen LogP contribution in [0.5, 0.6) is 11.5 Å². The number of halogens is 4. The minimum Gasteiger partial charge on any atom is -0.497 e. The number of hydrogen-bond acceptors (Lipinski definition) is 5. The number of anilines is 2. The van der Waals surface area contributed by atoms with Crippen molar-refractivity contribution in [3.63, 3.8) is 0 Å². The zero-order chi connectivity index (χ0) is 27.4. The van der Waals surface area contributed by atoms with Crippen molar-refractivity contribution in [2.24, 2.45) is 0 Å². The lowest BCUT2D eigenvalue weighted by molar-refractivity contribution is -0.274. The Labute approximate surface area is 226 Å². The molecule has 3 aromatic carbocycles. The van der Waals surface area contributed by atoms with Crippen LogP contribution in [0.3, 0.4) is 0 Å². The molecule has 1 fully saturated rings. The molecule has 0 saturated carbocycles. The fourth-order valence-corrected chi connectivity index (χ4v) is 4.41. The predicted molar refractivity (Wildman–Crippen MR) is 140 cm³/mol. The number of ether oxygens (including phenoxy) is 2. The van der Waals surface area contributed by atoms with Gasteiger partial charge in [0, 0.05) is 17.3 Å². The molecule has 38 heavy (non-hydrogen) atoms. The summed E-state index contributed by atoms with van der Waals surface area (Å²) in [5.41, 5.74) is 1.56. The van der Waals surface area contributed by atoms with E-state index in [1.807, 2.05) is 0 Å². The molecule has 1 aliphatic rings. The summed E-state index contributed by atoms with van der Waals surface area (Å²) < 4.78 is 46.7. The highest BCUT2D eigenvalue weighted by Gasteiger charge is 2.44. The Balaban J connectivity index is 1.58. The van der Waals surface area contributed by atoms with Crippen LogP contribution in [0.2, 0.25) is 5.02 Å². The van der Waals surface area contributed by atoms with Crippen molar-refractivity contribution in [1.82, 2.24) is 4.90 Å². The average Bonchev–Trinajstić information content (AvgIpc) is 3.09. The fourth-order valence-electron chi connectivity index (χ4n) is 3.90. The van der Waals surface area contributed by atoms with E-state index in [4.69, 9.17) is 28.6 Å². The minimum absolute atomic E-state index is 0.0718. The number of carbonyl (C=O) groups excluding carboxylic acids is 2.